The molecule has 1 aliphatic rings. The molecule has 0 aliphatic carbocycles. The summed E-state index contributed by atoms with van der Waals surface area (Å²) in [4.78, 5) is 8.88. The van der Waals surface area contributed by atoms with Crippen LogP contribution in [0.3, 0.4) is 0 Å². The Balaban J connectivity index is 1.36. The zero-order valence-electron chi connectivity index (χ0n) is 18.2. The average molecular weight is 438 g/mol. The smallest absolute Gasteiger partial charge is 0.223 e. The third-order valence-electron chi connectivity index (χ3n) is 5.85. The van der Waals surface area contributed by atoms with Crippen LogP contribution in [0.5, 0.6) is 0 Å². The molecule has 0 bridgehead atoms. The Bertz CT molecular complexity index is 1020. The zero-order chi connectivity index (χ0) is 22.3. The van der Waals surface area contributed by atoms with Crippen LogP contribution < -0.4 is 16.0 Å². The lowest BCUT2D eigenvalue weighted by Gasteiger charge is -2.30. The first kappa shape index (κ1) is 22.3. The van der Waals surface area contributed by atoms with Gasteiger partial charge in [-0.15, -0.1) is 0 Å². The molecular formula is C25H29F2N5. The van der Waals surface area contributed by atoms with Gasteiger partial charge in [0.05, 0.1) is 5.69 Å². The van der Waals surface area contributed by atoms with Crippen molar-refractivity contribution in [3.8, 4) is 11.3 Å². The van der Waals surface area contributed by atoms with E-state index in [0.717, 1.165) is 43.4 Å². The number of nitrogens with zero attached hydrogens (tertiary/aromatic N) is 2. The fourth-order valence-corrected chi connectivity index (χ4v) is 4.09. The molecule has 0 unspecified atom stereocenters. The van der Waals surface area contributed by atoms with E-state index in [0.29, 0.717) is 36.4 Å². The Morgan fingerprint density at radius 1 is 1.06 bits per heavy atom. The molecule has 32 heavy (non-hydrogen) atoms. The molecule has 0 amide bonds. The summed E-state index contributed by atoms with van der Waals surface area (Å²) in [5, 5.41) is 10.3. The number of aromatic nitrogens is 2. The van der Waals surface area contributed by atoms with E-state index in [2.05, 4.69) is 45.0 Å². The van der Waals surface area contributed by atoms with E-state index in [1.54, 1.807) is 6.20 Å². The van der Waals surface area contributed by atoms with E-state index in [-0.39, 0.29) is 0 Å². The molecule has 168 valence electrons. The first-order valence-corrected chi connectivity index (χ1v) is 11.1. The zero-order valence-corrected chi connectivity index (χ0v) is 18.2. The molecule has 2 aromatic carbocycles. The van der Waals surface area contributed by atoms with Crippen LogP contribution >= 0.6 is 0 Å². The maximum Gasteiger partial charge on any atom is 0.223 e. The second kappa shape index (κ2) is 10.6. The highest BCUT2D eigenvalue weighted by atomic mass is 19.1. The molecule has 0 saturated carbocycles. The number of hydrogen-bond donors (Lipinski definition) is 3. The van der Waals surface area contributed by atoms with Gasteiger partial charge in [-0.1, -0.05) is 25.1 Å². The molecule has 1 aliphatic heterocycles. The molecule has 7 heteroatoms. The standard InChI is InChI=1S/C25H29F2N5/c1-17-15-28-8-6-23(17)31-16-19-3-2-4-20(11-19)24-7-10-30-25(32-24)29-9-5-18-12-21(26)14-22(27)13-18/h2-4,7,10-14,17,23,28,31H,5-6,8-9,15-16H2,1H3,(H,29,30,32)/t17-,23-/m1/s1. The van der Waals surface area contributed by atoms with Crippen LogP contribution in [-0.4, -0.2) is 35.6 Å². The molecule has 0 spiro atoms. The van der Waals surface area contributed by atoms with Gasteiger partial charge in [-0.2, -0.15) is 0 Å². The summed E-state index contributed by atoms with van der Waals surface area (Å²) in [7, 11) is 0. The van der Waals surface area contributed by atoms with Gasteiger partial charge in [-0.25, -0.2) is 18.7 Å². The first-order valence-electron chi connectivity index (χ1n) is 11.1. The Morgan fingerprint density at radius 2 is 1.91 bits per heavy atom. The van der Waals surface area contributed by atoms with Crippen LogP contribution in [0.4, 0.5) is 14.7 Å². The summed E-state index contributed by atoms with van der Waals surface area (Å²) in [5.41, 5.74) is 3.67. The van der Waals surface area contributed by atoms with E-state index in [1.165, 1.54) is 17.7 Å². The molecule has 3 N–H and O–H groups in total. The quantitative estimate of drug-likeness (QED) is 0.494. The lowest BCUT2D eigenvalue weighted by Crippen LogP contribution is -2.45. The summed E-state index contributed by atoms with van der Waals surface area (Å²) in [6, 6.07) is 14.3. The first-order chi connectivity index (χ1) is 15.6. The van der Waals surface area contributed by atoms with Gasteiger partial charge >= 0.3 is 0 Å². The largest absolute Gasteiger partial charge is 0.354 e. The molecule has 2 atom stereocenters. The maximum absolute atomic E-state index is 13.3. The predicted molar refractivity (Wildman–Crippen MR) is 123 cm³/mol. The highest BCUT2D eigenvalue weighted by Crippen LogP contribution is 2.20. The lowest BCUT2D eigenvalue weighted by molar-refractivity contribution is 0.295. The van der Waals surface area contributed by atoms with Gasteiger partial charge in [0.2, 0.25) is 5.95 Å². The normalized spacial score (nSPS) is 18.5. The average Bonchev–Trinajstić information content (AvgIpc) is 2.78. The summed E-state index contributed by atoms with van der Waals surface area (Å²) in [6.45, 7) is 5.70. The van der Waals surface area contributed by atoms with Crippen molar-refractivity contribution < 1.29 is 8.78 Å². The second-order valence-electron chi connectivity index (χ2n) is 8.38. The molecule has 4 rings (SSSR count). The molecule has 2 heterocycles. The minimum Gasteiger partial charge on any atom is -0.354 e. The fraction of sp³-hybridized carbons (Fsp3) is 0.360. The number of nitrogens with one attached hydrogen (secondary N) is 3. The van der Waals surface area contributed by atoms with Gasteiger partial charge in [-0.05, 0) is 67.2 Å². The summed E-state index contributed by atoms with van der Waals surface area (Å²) >= 11 is 0. The van der Waals surface area contributed by atoms with Crippen molar-refractivity contribution in [3.05, 3.63) is 77.5 Å². The van der Waals surface area contributed by atoms with Crippen molar-refractivity contribution in [1.82, 2.24) is 20.6 Å². The molecule has 1 aromatic heterocycles. The number of benzene rings is 2. The van der Waals surface area contributed by atoms with Crippen LogP contribution in [0.2, 0.25) is 0 Å². The Hall–Kier alpha value is -2.90. The van der Waals surface area contributed by atoms with Gasteiger partial charge in [0.15, 0.2) is 0 Å². The molecule has 1 saturated heterocycles. The van der Waals surface area contributed by atoms with Crippen molar-refractivity contribution in [3.63, 3.8) is 0 Å². The van der Waals surface area contributed by atoms with Gasteiger partial charge in [0.1, 0.15) is 11.6 Å². The van der Waals surface area contributed by atoms with Crippen molar-refractivity contribution in [2.75, 3.05) is 25.0 Å². The highest BCUT2D eigenvalue weighted by molar-refractivity contribution is 5.60. The monoisotopic (exact) mass is 437 g/mol. The van der Waals surface area contributed by atoms with Crippen LogP contribution in [0.25, 0.3) is 11.3 Å². The van der Waals surface area contributed by atoms with Crippen molar-refractivity contribution in [1.29, 1.82) is 0 Å². The Labute approximate surface area is 187 Å². The van der Waals surface area contributed by atoms with Crippen molar-refractivity contribution in [2.24, 2.45) is 5.92 Å². The van der Waals surface area contributed by atoms with Crippen LogP contribution in [0, 0.1) is 17.6 Å². The van der Waals surface area contributed by atoms with Crippen LogP contribution in [0.1, 0.15) is 24.5 Å². The third kappa shape index (κ3) is 6.08. The van der Waals surface area contributed by atoms with E-state index in [1.807, 2.05) is 18.2 Å². The maximum atomic E-state index is 13.3. The van der Waals surface area contributed by atoms with Gasteiger partial charge in [0.25, 0.3) is 0 Å². The SMILES string of the molecule is C[C@@H]1CNCC[C@H]1NCc1cccc(-c2ccnc(NCCc3cc(F)cc(F)c3)n2)c1. The minimum absolute atomic E-state index is 0.471. The molecular weight excluding hydrogens is 408 g/mol. The predicted octanol–water partition coefficient (Wildman–Crippen LogP) is 4.16. The Kier molecular flexibility index (Phi) is 7.39. The van der Waals surface area contributed by atoms with Gasteiger partial charge in [0, 0.05) is 37.0 Å². The Morgan fingerprint density at radius 3 is 2.72 bits per heavy atom. The van der Waals surface area contributed by atoms with Crippen LogP contribution in [-0.2, 0) is 13.0 Å². The highest BCUT2D eigenvalue weighted by Gasteiger charge is 2.20. The van der Waals surface area contributed by atoms with E-state index < -0.39 is 11.6 Å². The van der Waals surface area contributed by atoms with Crippen molar-refractivity contribution >= 4 is 5.95 Å². The summed E-state index contributed by atoms with van der Waals surface area (Å²) < 4.78 is 26.7. The van der Waals surface area contributed by atoms with Gasteiger partial charge in [-0.3, -0.25) is 0 Å². The second-order valence-corrected chi connectivity index (χ2v) is 8.38. The van der Waals surface area contributed by atoms with Crippen molar-refractivity contribution in [2.45, 2.75) is 32.4 Å². The van der Waals surface area contributed by atoms with Crippen LogP contribution in [0.15, 0.2) is 54.7 Å². The minimum atomic E-state index is -0.567. The van der Waals surface area contributed by atoms with Gasteiger partial charge < -0.3 is 16.0 Å². The summed E-state index contributed by atoms with van der Waals surface area (Å²) in [6.07, 6.45) is 3.33. The van der Waals surface area contributed by atoms with E-state index in [9.17, 15) is 8.78 Å². The number of piperidine rings is 1. The topological polar surface area (TPSA) is 61.9 Å². The lowest BCUT2D eigenvalue weighted by atomic mass is 9.95. The number of hydrogen-bond acceptors (Lipinski definition) is 5. The molecule has 3 aromatic rings. The number of anilines is 1. The number of rotatable bonds is 8. The van der Waals surface area contributed by atoms with E-state index in [4.69, 9.17) is 0 Å². The molecule has 0 radical (unpaired) electrons. The molecule has 5 nitrogen and oxygen atoms in total. The van der Waals surface area contributed by atoms with E-state index >= 15 is 0 Å². The fourth-order valence-electron chi connectivity index (χ4n) is 4.09. The molecule has 1 fully saturated rings. The third-order valence-corrected chi connectivity index (χ3v) is 5.85. The summed E-state index contributed by atoms with van der Waals surface area (Å²) in [5.74, 6) is -0.0257. The number of halogens is 2.